The SMILES string of the molecule is Cc1nc(NCC2(C3CC3)CCC2)sc1S(N)(=O)=O. The molecule has 3 N–H and O–H groups in total. The van der Waals surface area contributed by atoms with Crippen molar-refractivity contribution in [1.82, 2.24) is 4.98 Å². The molecule has 0 amide bonds. The number of hydrogen-bond donors (Lipinski definition) is 2. The number of thiazole rings is 1. The quantitative estimate of drug-likeness (QED) is 0.872. The van der Waals surface area contributed by atoms with Crippen molar-refractivity contribution in [3.05, 3.63) is 5.69 Å². The zero-order valence-corrected chi connectivity index (χ0v) is 12.6. The van der Waals surface area contributed by atoms with E-state index in [1.54, 1.807) is 6.92 Å². The summed E-state index contributed by atoms with van der Waals surface area (Å²) in [6.07, 6.45) is 6.59. The van der Waals surface area contributed by atoms with Crippen LogP contribution >= 0.6 is 11.3 Å². The average molecular weight is 301 g/mol. The summed E-state index contributed by atoms with van der Waals surface area (Å²) >= 11 is 1.14. The van der Waals surface area contributed by atoms with E-state index < -0.39 is 10.0 Å². The number of nitrogens with one attached hydrogen (secondary N) is 1. The summed E-state index contributed by atoms with van der Waals surface area (Å²) in [6.45, 7) is 2.59. The molecule has 3 rings (SSSR count). The molecule has 2 aliphatic rings. The summed E-state index contributed by atoms with van der Waals surface area (Å²) in [5.74, 6) is 0.868. The van der Waals surface area contributed by atoms with E-state index in [1.165, 1.54) is 32.1 Å². The number of aromatic nitrogens is 1. The number of aryl methyl sites for hydroxylation is 1. The summed E-state index contributed by atoms with van der Waals surface area (Å²) in [4.78, 5) is 4.27. The lowest BCUT2D eigenvalue weighted by molar-refractivity contribution is 0.118. The molecule has 2 saturated carbocycles. The smallest absolute Gasteiger partial charge is 0.249 e. The molecule has 7 heteroatoms. The van der Waals surface area contributed by atoms with Crippen molar-refractivity contribution >= 4 is 26.5 Å². The summed E-state index contributed by atoms with van der Waals surface area (Å²) < 4.78 is 22.9. The van der Waals surface area contributed by atoms with Crippen LogP contribution in [0.1, 0.15) is 37.8 Å². The Morgan fingerprint density at radius 2 is 2.16 bits per heavy atom. The molecular formula is C12H19N3O2S2. The zero-order chi connectivity index (χ0) is 13.7. The molecule has 1 heterocycles. The highest BCUT2D eigenvalue weighted by Crippen LogP contribution is 2.57. The highest BCUT2D eigenvalue weighted by molar-refractivity contribution is 7.91. The standard InChI is InChI=1S/C12H19N3O2S2/c1-8-10(19(13,16)17)18-11(15-8)14-7-12(5-2-6-12)9-3-4-9/h9H,2-7H2,1H3,(H,14,15)(H2,13,16,17). The number of primary sulfonamides is 1. The van der Waals surface area contributed by atoms with Gasteiger partial charge in [-0.05, 0) is 43.9 Å². The molecular weight excluding hydrogens is 282 g/mol. The third kappa shape index (κ3) is 2.51. The Hall–Kier alpha value is -0.660. The van der Waals surface area contributed by atoms with E-state index in [1.807, 2.05) is 0 Å². The van der Waals surface area contributed by atoms with Crippen LogP contribution < -0.4 is 10.5 Å². The van der Waals surface area contributed by atoms with Gasteiger partial charge in [0.1, 0.15) is 0 Å². The molecule has 0 aromatic carbocycles. The minimum atomic E-state index is -3.65. The van der Waals surface area contributed by atoms with Crippen LogP contribution in [0.4, 0.5) is 5.13 Å². The molecule has 0 spiro atoms. The first-order chi connectivity index (χ1) is 8.91. The van der Waals surface area contributed by atoms with Crippen LogP contribution in [-0.2, 0) is 10.0 Å². The molecule has 19 heavy (non-hydrogen) atoms. The lowest BCUT2D eigenvalue weighted by atomic mass is 9.65. The van der Waals surface area contributed by atoms with Crippen molar-refractivity contribution in [3.63, 3.8) is 0 Å². The molecule has 0 saturated heterocycles. The van der Waals surface area contributed by atoms with Crippen LogP contribution in [0.15, 0.2) is 4.21 Å². The van der Waals surface area contributed by atoms with Crippen molar-refractivity contribution in [2.45, 2.75) is 43.2 Å². The van der Waals surface area contributed by atoms with E-state index in [-0.39, 0.29) is 4.21 Å². The Balaban J connectivity index is 1.70. The van der Waals surface area contributed by atoms with E-state index >= 15 is 0 Å². The summed E-state index contributed by atoms with van der Waals surface area (Å²) in [5, 5.41) is 9.17. The second kappa shape index (κ2) is 4.43. The van der Waals surface area contributed by atoms with Gasteiger partial charge in [0.15, 0.2) is 9.34 Å². The molecule has 5 nitrogen and oxygen atoms in total. The van der Waals surface area contributed by atoms with Crippen LogP contribution in [0.3, 0.4) is 0 Å². The predicted molar refractivity (Wildman–Crippen MR) is 75.7 cm³/mol. The molecule has 1 aromatic rings. The Bertz CT molecular complexity index is 586. The maximum atomic E-state index is 11.4. The largest absolute Gasteiger partial charge is 0.361 e. The molecule has 0 radical (unpaired) electrons. The fourth-order valence-electron chi connectivity index (χ4n) is 3.03. The third-order valence-corrected chi connectivity index (χ3v) is 7.07. The molecule has 0 bridgehead atoms. The van der Waals surface area contributed by atoms with Gasteiger partial charge in [-0.3, -0.25) is 0 Å². The number of nitrogens with zero attached hydrogens (tertiary/aromatic N) is 1. The Morgan fingerprint density at radius 1 is 1.47 bits per heavy atom. The molecule has 1 aromatic heterocycles. The summed E-state index contributed by atoms with van der Waals surface area (Å²) in [5.41, 5.74) is 0.936. The monoisotopic (exact) mass is 301 g/mol. The minimum Gasteiger partial charge on any atom is -0.361 e. The normalized spacial score (nSPS) is 22.0. The Morgan fingerprint density at radius 3 is 2.58 bits per heavy atom. The van der Waals surface area contributed by atoms with E-state index in [0.717, 1.165) is 23.8 Å². The Labute approximate surface area is 117 Å². The van der Waals surface area contributed by atoms with Crippen LogP contribution in [0.2, 0.25) is 0 Å². The number of hydrogen-bond acceptors (Lipinski definition) is 5. The van der Waals surface area contributed by atoms with Gasteiger partial charge >= 0.3 is 0 Å². The zero-order valence-electron chi connectivity index (χ0n) is 11.0. The number of sulfonamides is 1. The van der Waals surface area contributed by atoms with Gasteiger partial charge in [0.25, 0.3) is 0 Å². The van der Waals surface area contributed by atoms with Gasteiger partial charge in [-0.1, -0.05) is 17.8 Å². The first-order valence-electron chi connectivity index (χ1n) is 6.65. The van der Waals surface area contributed by atoms with Gasteiger partial charge in [-0.2, -0.15) is 0 Å². The second-order valence-corrected chi connectivity index (χ2v) is 8.54. The van der Waals surface area contributed by atoms with Gasteiger partial charge in [-0.25, -0.2) is 18.5 Å². The predicted octanol–water partition coefficient (Wildman–Crippen LogP) is 2.09. The second-order valence-electron chi connectivity index (χ2n) is 5.78. The van der Waals surface area contributed by atoms with Crippen molar-refractivity contribution < 1.29 is 8.42 Å². The van der Waals surface area contributed by atoms with E-state index in [2.05, 4.69) is 10.3 Å². The van der Waals surface area contributed by atoms with Crippen molar-refractivity contribution in [1.29, 1.82) is 0 Å². The first kappa shape index (κ1) is 13.3. The van der Waals surface area contributed by atoms with E-state index in [4.69, 9.17) is 5.14 Å². The third-order valence-electron chi connectivity index (χ3n) is 4.40. The van der Waals surface area contributed by atoms with Crippen LogP contribution in [0, 0.1) is 18.3 Å². The number of anilines is 1. The molecule has 2 aliphatic carbocycles. The Kier molecular flexibility index (Phi) is 3.11. The fourth-order valence-corrected chi connectivity index (χ4v) is 4.88. The average Bonchev–Trinajstić information content (AvgIpc) is 3.00. The van der Waals surface area contributed by atoms with Crippen molar-refractivity contribution in [2.75, 3.05) is 11.9 Å². The molecule has 0 atom stereocenters. The van der Waals surface area contributed by atoms with Crippen LogP contribution in [0.25, 0.3) is 0 Å². The number of nitrogens with two attached hydrogens (primary N) is 1. The van der Waals surface area contributed by atoms with Gasteiger partial charge in [0.2, 0.25) is 10.0 Å². The van der Waals surface area contributed by atoms with Gasteiger partial charge < -0.3 is 5.32 Å². The first-order valence-corrected chi connectivity index (χ1v) is 9.01. The highest BCUT2D eigenvalue weighted by Gasteiger charge is 2.48. The van der Waals surface area contributed by atoms with E-state index in [9.17, 15) is 8.42 Å². The minimum absolute atomic E-state index is 0.170. The van der Waals surface area contributed by atoms with Gasteiger partial charge in [0.05, 0.1) is 5.69 Å². The molecule has 106 valence electrons. The lowest BCUT2D eigenvalue weighted by Gasteiger charge is -2.42. The van der Waals surface area contributed by atoms with Crippen LogP contribution in [0.5, 0.6) is 0 Å². The molecule has 0 unspecified atom stereocenters. The lowest BCUT2D eigenvalue weighted by Crippen LogP contribution is -2.38. The topological polar surface area (TPSA) is 85.1 Å². The van der Waals surface area contributed by atoms with Gasteiger partial charge in [0, 0.05) is 6.54 Å². The van der Waals surface area contributed by atoms with E-state index in [0.29, 0.717) is 16.2 Å². The molecule has 2 fully saturated rings. The maximum Gasteiger partial charge on any atom is 0.249 e. The maximum absolute atomic E-state index is 11.4. The summed E-state index contributed by atoms with van der Waals surface area (Å²) in [6, 6.07) is 0. The fraction of sp³-hybridized carbons (Fsp3) is 0.750. The highest BCUT2D eigenvalue weighted by atomic mass is 32.2. The van der Waals surface area contributed by atoms with Crippen molar-refractivity contribution in [2.24, 2.45) is 16.5 Å². The molecule has 0 aliphatic heterocycles. The number of rotatable bonds is 5. The van der Waals surface area contributed by atoms with Crippen molar-refractivity contribution in [3.8, 4) is 0 Å². The van der Waals surface area contributed by atoms with Gasteiger partial charge in [-0.15, -0.1) is 0 Å². The summed E-state index contributed by atoms with van der Waals surface area (Å²) in [7, 11) is -3.65. The van der Waals surface area contributed by atoms with Crippen LogP contribution in [-0.4, -0.2) is 19.9 Å².